The third-order valence-electron chi connectivity index (χ3n) is 3.30. The predicted octanol–water partition coefficient (Wildman–Crippen LogP) is 4.67. The molecular formula is C16H12BrNO3S2. The molecule has 3 rings (SSSR count). The van der Waals surface area contributed by atoms with Gasteiger partial charge in [0.1, 0.15) is 5.00 Å². The normalized spacial score (nSPS) is 11.6. The monoisotopic (exact) mass is 409 g/mol. The molecule has 2 aromatic carbocycles. The molecule has 7 heteroatoms. The number of nitrogens with one attached hydrogen (secondary N) is 1. The second kappa shape index (κ2) is 6.07. The fourth-order valence-corrected chi connectivity index (χ4v) is 4.98. The Morgan fingerprint density at radius 3 is 2.39 bits per heavy atom. The first-order valence-electron chi connectivity index (χ1n) is 6.69. The number of ketones is 1. The lowest BCUT2D eigenvalue weighted by Gasteiger charge is -2.07. The van der Waals surface area contributed by atoms with Crippen LogP contribution in [0.5, 0.6) is 0 Å². The van der Waals surface area contributed by atoms with Crippen LogP contribution in [0.25, 0.3) is 10.1 Å². The van der Waals surface area contributed by atoms with Crippen molar-refractivity contribution >= 4 is 58.2 Å². The Bertz CT molecular complexity index is 992. The molecule has 1 heterocycles. The van der Waals surface area contributed by atoms with E-state index in [4.69, 9.17) is 0 Å². The van der Waals surface area contributed by atoms with E-state index in [2.05, 4.69) is 20.7 Å². The van der Waals surface area contributed by atoms with Gasteiger partial charge < -0.3 is 0 Å². The van der Waals surface area contributed by atoms with E-state index in [1.54, 1.807) is 12.1 Å². The van der Waals surface area contributed by atoms with Crippen LogP contribution in [0.4, 0.5) is 5.00 Å². The van der Waals surface area contributed by atoms with Crippen molar-refractivity contribution in [1.29, 1.82) is 0 Å². The zero-order chi connectivity index (χ0) is 16.6. The van der Waals surface area contributed by atoms with Gasteiger partial charge in [-0.05, 0) is 37.3 Å². The van der Waals surface area contributed by atoms with Gasteiger partial charge in [0.25, 0.3) is 10.0 Å². The number of hydrogen-bond acceptors (Lipinski definition) is 4. The van der Waals surface area contributed by atoms with Crippen LogP contribution in [0.3, 0.4) is 0 Å². The summed E-state index contributed by atoms with van der Waals surface area (Å²) >= 11 is 4.53. The summed E-state index contributed by atoms with van der Waals surface area (Å²) in [5.74, 6) is -0.170. The zero-order valence-electron chi connectivity index (χ0n) is 12.0. The van der Waals surface area contributed by atoms with E-state index in [9.17, 15) is 13.2 Å². The topological polar surface area (TPSA) is 63.2 Å². The van der Waals surface area contributed by atoms with Crippen molar-refractivity contribution in [2.24, 2.45) is 0 Å². The Hall–Kier alpha value is -1.70. The van der Waals surface area contributed by atoms with Crippen molar-refractivity contribution in [3.63, 3.8) is 0 Å². The van der Waals surface area contributed by atoms with Gasteiger partial charge in [-0.2, -0.15) is 0 Å². The molecule has 0 fully saturated rings. The molecule has 118 valence electrons. The van der Waals surface area contributed by atoms with Crippen molar-refractivity contribution in [2.45, 2.75) is 11.8 Å². The highest BCUT2D eigenvalue weighted by atomic mass is 79.9. The van der Waals surface area contributed by atoms with Crippen LogP contribution in [-0.2, 0) is 10.0 Å². The summed E-state index contributed by atoms with van der Waals surface area (Å²) in [5, 5.41) is 1.11. The Morgan fingerprint density at radius 1 is 1.09 bits per heavy atom. The molecule has 0 saturated heterocycles. The third kappa shape index (κ3) is 3.17. The molecule has 1 aromatic heterocycles. The predicted molar refractivity (Wildman–Crippen MR) is 96.8 cm³/mol. The highest BCUT2D eigenvalue weighted by molar-refractivity contribution is 9.10. The van der Waals surface area contributed by atoms with Crippen LogP contribution in [0.15, 0.2) is 57.9 Å². The number of sulfonamides is 1. The largest absolute Gasteiger partial charge is 0.294 e. The number of benzene rings is 2. The molecule has 0 aliphatic carbocycles. The van der Waals surface area contributed by atoms with E-state index in [0.29, 0.717) is 10.6 Å². The number of carbonyl (C=O) groups excluding carboxylic acids is 1. The Morgan fingerprint density at radius 2 is 1.74 bits per heavy atom. The summed E-state index contributed by atoms with van der Waals surface area (Å²) in [6.07, 6.45) is 0. The van der Waals surface area contributed by atoms with Gasteiger partial charge in [-0.1, -0.05) is 34.1 Å². The van der Waals surface area contributed by atoms with E-state index in [0.717, 1.165) is 14.6 Å². The number of carbonyl (C=O) groups is 1. The fraction of sp³-hybridized carbons (Fsp3) is 0.0625. The van der Waals surface area contributed by atoms with Crippen molar-refractivity contribution in [3.05, 3.63) is 58.6 Å². The number of thiophene rings is 1. The van der Waals surface area contributed by atoms with E-state index in [1.165, 1.54) is 30.4 Å². The first-order chi connectivity index (χ1) is 10.9. The van der Waals surface area contributed by atoms with Crippen molar-refractivity contribution in [2.75, 3.05) is 4.72 Å². The standard InChI is InChI=1S/C16H12BrNO3S2/c1-10(19)15-13-4-2-3-5-14(13)22-16(15)18-23(20,21)12-8-6-11(17)7-9-12/h2-9,18H,1H3. The second-order valence-corrected chi connectivity index (χ2v) is 8.57. The van der Waals surface area contributed by atoms with E-state index < -0.39 is 10.0 Å². The summed E-state index contributed by atoms with van der Waals surface area (Å²) in [5.41, 5.74) is 0.409. The summed E-state index contributed by atoms with van der Waals surface area (Å²) in [6.45, 7) is 1.44. The minimum atomic E-state index is -3.75. The molecule has 0 bridgehead atoms. The number of hydrogen-bond donors (Lipinski definition) is 1. The van der Waals surface area contributed by atoms with Gasteiger partial charge in [-0.3, -0.25) is 9.52 Å². The van der Waals surface area contributed by atoms with E-state index >= 15 is 0 Å². The summed E-state index contributed by atoms with van der Waals surface area (Å²) in [7, 11) is -3.75. The number of rotatable bonds is 4. The van der Waals surface area contributed by atoms with E-state index in [-0.39, 0.29) is 10.7 Å². The highest BCUT2D eigenvalue weighted by Crippen LogP contribution is 2.37. The maximum absolute atomic E-state index is 12.5. The summed E-state index contributed by atoms with van der Waals surface area (Å²) < 4.78 is 29.3. The number of Topliss-reactive ketones (excluding diaryl/α,β-unsaturated/α-hetero) is 1. The van der Waals surface area contributed by atoms with E-state index in [1.807, 2.05) is 24.3 Å². The van der Waals surface area contributed by atoms with Gasteiger partial charge in [0.2, 0.25) is 0 Å². The number of fused-ring (bicyclic) bond motifs is 1. The average molecular weight is 410 g/mol. The minimum Gasteiger partial charge on any atom is -0.294 e. The quantitative estimate of drug-likeness (QED) is 0.636. The molecule has 0 unspecified atom stereocenters. The van der Waals surface area contributed by atoms with Gasteiger partial charge in [0.15, 0.2) is 5.78 Å². The molecule has 4 nitrogen and oxygen atoms in total. The molecule has 0 spiro atoms. The Balaban J connectivity index is 2.09. The van der Waals surface area contributed by atoms with Crippen LogP contribution in [0.1, 0.15) is 17.3 Å². The molecule has 0 aliphatic heterocycles. The highest BCUT2D eigenvalue weighted by Gasteiger charge is 2.21. The van der Waals surface area contributed by atoms with Crippen molar-refractivity contribution < 1.29 is 13.2 Å². The lowest BCUT2D eigenvalue weighted by atomic mass is 10.1. The maximum atomic E-state index is 12.5. The van der Waals surface area contributed by atoms with Crippen molar-refractivity contribution in [3.8, 4) is 0 Å². The molecule has 0 radical (unpaired) electrons. The summed E-state index contributed by atoms with van der Waals surface area (Å²) in [6, 6.07) is 13.7. The van der Waals surface area contributed by atoms with Crippen LogP contribution in [-0.4, -0.2) is 14.2 Å². The fourth-order valence-electron chi connectivity index (χ4n) is 2.26. The van der Waals surface area contributed by atoms with Gasteiger partial charge >= 0.3 is 0 Å². The Kier molecular flexibility index (Phi) is 4.27. The molecule has 0 saturated carbocycles. The summed E-state index contributed by atoms with van der Waals surface area (Å²) in [4.78, 5) is 12.1. The molecule has 0 aliphatic rings. The Labute approximate surface area is 146 Å². The van der Waals surface area contributed by atoms with Crippen LogP contribution in [0.2, 0.25) is 0 Å². The molecule has 0 amide bonds. The van der Waals surface area contributed by atoms with Crippen LogP contribution >= 0.6 is 27.3 Å². The number of halogens is 1. The van der Waals surface area contributed by atoms with Crippen LogP contribution in [0, 0.1) is 0 Å². The lowest BCUT2D eigenvalue weighted by molar-refractivity contribution is 0.102. The zero-order valence-corrected chi connectivity index (χ0v) is 15.3. The second-order valence-electron chi connectivity index (χ2n) is 4.92. The average Bonchev–Trinajstić information content (AvgIpc) is 2.84. The number of anilines is 1. The maximum Gasteiger partial charge on any atom is 0.262 e. The van der Waals surface area contributed by atoms with Gasteiger partial charge in [-0.25, -0.2) is 8.42 Å². The van der Waals surface area contributed by atoms with Crippen LogP contribution < -0.4 is 4.72 Å². The first kappa shape index (κ1) is 16.2. The first-order valence-corrected chi connectivity index (χ1v) is 9.78. The SMILES string of the molecule is CC(=O)c1c(NS(=O)(=O)c2ccc(Br)cc2)sc2ccccc12. The molecule has 0 atom stereocenters. The smallest absolute Gasteiger partial charge is 0.262 e. The molecule has 3 aromatic rings. The lowest BCUT2D eigenvalue weighted by Crippen LogP contribution is -2.13. The molecule has 1 N–H and O–H groups in total. The molecule has 23 heavy (non-hydrogen) atoms. The van der Waals surface area contributed by atoms with Crippen molar-refractivity contribution in [1.82, 2.24) is 0 Å². The minimum absolute atomic E-state index is 0.146. The van der Waals surface area contributed by atoms with Gasteiger partial charge in [-0.15, -0.1) is 11.3 Å². The van der Waals surface area contributed by atoms with Gasteiger partial charge in [0.05, 0.1) is 10.5 Å². The molecular weight excluding hydrogens is 398 g/mol. The third-order valence-corrected chi connectivity index (χ3v) is 6.41. The van der Waals surface area contributed by atoms with Gasteiger partial charge in [0, 0.05) is 14.6 Å².